The lowest BCUT2D eigenvalue weighted by Gasteiger charge is -2.34. The molecular weight excluding hydrogens is 255 g/mol. The number of carbonyl (C=O) groups excluding carboxylic acids is 1. The predicted octanol–water partition coefficient (Wildman–Crippen LogP) is 3.33. The third-order valence-electron chi connectivity index (χ3n) is 3.80. The zero-order valence-electron chi connectivity index (χ0n) is 12.7. The van der Waals surface area contributed by atoms with Crippen LogP contribution in [0.2, 0.25) is 0 Å². The first-order chi connectivity index (χ1) is 9.50. The molecule has 0 atom stereocenters. The van der Waals surface area contributed by atoms with E-state index in [1.165, 1.54) is 17.0 Å². The zero-order valence-corrected chi connectivity index (χ0v) is 12.7. The molecule has 0 aliphatic rings. The molecule has 2 N–H and O–H groups in total. The highest BCUT2D eigenvalue weighted by Crippen LogP contribution is 2.32. The summed E-state index contributed by atoms with van der Waals surface area (Å²) in [6.07, 6.45) is 3.32. The highest BCUT2D eigenvalue weighted by molar-refractivity contribution is 5.97. The van der Waals surface area contributed by atoms with E-state index in [1.807, 2.05) is 0 Å². The van der Waals surface area contributed by atoms with Crippen LogP contribution in [-0.4, -0.2) is 19.5 Å². The standard InChI is InChI=1S/C16H25FN2O/c1-4-9-16(12-18,10-5-2)15(20)19(3)14-8-6-7-13(17)11-14/h6-8,11H,4-5,9-10,12,18H2,1-3H3. The highest BCUT2D eigenvalue weighted by atomic mass is 19.1. The Labute approximate surface area is 121 Å². The molecule has 0 aliphatic heterocycles. The monoisotopic (exact) mass is 280 g/mol. The van der Waals surface area contributed by atoms with Gasteiger partial charge in [0.05, 0.1) is 5.41 Å². The zero-order chi connectivity index (χ0) is 15.2. The summed E-state index contributed by atoms with van der Waals surface area (Å²) in [6, 6.07) is 6.09. The van der Waals surface area contributed by atoms with Gasteiger partial charge in [-0.15, -0.1) is 0 Å². The van der Waals surface area contributed by atoms with E-state index < -0.39 is 5.41 Å². The second-order valence-electron chi connectivity index (χ2n) is 5.33. The van der Waals surface area contributed by atoms with Crippen molar-refractivity contribution in [3.8, 4) is 0 Å². The number of halogens is 1. The Morgan fingerprint density at radius 3 is 2.35 bits per heavy atom. The number of hydrogen-bond donors (Lipinski definition) is 1. The minimum absolute atomic E-state index is 0.0192. The molecule has 20 heavy (non-hydrogen) atoms. The first kappa shape index (κ1) is 16.6. The maximum atomic E-state index is 13.3. The molecule has 1 amide bonds. The molecule has 0 radical (unpaired) electrons. The smallest absolute Gasteiger partial charge is 0.234 e. The molecule has 112 valence electrons. The number of amides is 1. The Morgan fingerprint density at radius 2 is 1.90 bits per heavy atom. The van der Waals surface area contributed by atoms with Crippen LogP contribution in [0, 0.1) is 11.2 Å². The molecule has 1 aromatic carbocycles. The summed E-state index contributed by atoms with van der Waals surface area (Å²) < 4.78 is 13.3. The van der Waals surface area contributed by atoms with Crippen LogP contribution in [-0.2, 0) is 4.79 Å². The fourth-order valence-electron chi connectivity index (χ4n) is 2.75. The second-order valence-corrected chi connectivity index (χ2v) is 5.33. The average Bonchev–Trinajstić information content (AvgIpc) is 2.45. The summed E-state index contributed by atoms with van der Waals surface area (Å²) in [5.74, 6) is -0.360. The molecule has 0 aliphatic carbocycles. The summed E-state index contributed by atoms with van der Waals surface area (Å²) in [6.45, 7) is 4.43. The Morgan fingerprint density at radius 1 is 1.30 bits per heavy atom. The molecular formula is C16H25FN2O. The van der Waals surface area contributed by atoms with E-state index in [4.69, 9.17) is 5.73 Å². The second kappa shape index (κ2) is 7.39. The Balaban J connectivity index is 3.05. The number of hydrogen-bond acceptors (Lipinski definition) is 2. The predicted molar refractivity (Wildman–Crippen MR) is 81.1 cm³/mol. The summed E-state index contributed by atoms with van der Waals surface area (Å²) in [7, 11) is 1.69. The third-order valence-corrected chi connectivity index (χ3v) is 3.80. The first-order valence-electron chi connectivity index (χ1n) is 7.24. The van der Waals surface area contributed by atoms with Crippen molar-refractivity contribution in [3.05, 3.63) is 30.1 Å². The molecule has 0 heterocycles. The number of carbonyl (C=O) groups is 1. The topological polar surface area (TPSA) is 46.3 Å². The summed E-state index contributed by atoms with van der Waals surface area (Å²) in [5, 5.41) is 0. The molecule has 0 aromatic heterocycles. The van der Waals surface area contributed by atoms with Gasteiger partial charge < -0.3 is 10.6 Å². The van der Waals surface area contributed by atoms with Gasteiger partial charge in [-0.25, -0.2) is 4.39 Å². The fraction of sp³-hybridized carbons (Fsp3) is 0.562. The molecule has 3 nitrogen and oxygen atoms in total. The number of benzene rings is 1. The lowest BCUT2D eigenvalue weighted by Crippen LogP contribution is -2.47. The van der Waals surface area contributed by atoms with Gasteiger partial charge in [0.1, 0.15) is 5.82 Å². The normalized spacial score (nSPS) is 11.4. The van der Waals surface area contributed by atoms with E-state index >= 15 is 0 Å². The van der Waals surface area contributed by atoms with Gasteiger partial charge in [0.25, 0.3) is 0 Å². The maximum absolute atomic E-state index is 13.3. The molecule has 0 saturated heterocycles. The largest absolute Gasteiger partial charge is 0.329 e. The molecule has 0 spiro atoms. The van der Waals surface area contributed by atoms with Gasteiger partial charge in [-0.2, -0.15) is 0 Å². The minimum Gasteiger partial charge on any atom is -0.329 e. The van der Waals surface area contributed by atoms with E-state index in [-0.39, 0.29) is 11.7 Å². The van der Waals surface area contributed by atoms with E-state index in [1.54, 1.807) is 19.2 Å². The van der Waals surface area contributed by atoms with Crippen LogP contribution < -0.4 is 10.6 Å². The molecule has 4 heteroatoms. The quantitative estimate of drug-likeness (QED) is 0.832. The molecule has 1 rings (SSSR count). The van der Waals surface area contributed by atoms with Crippen LogP contribution in [0.15, 0.2) is 24.3 Å². The van der Waals surface area contributed by atoms with Crippen LogP contribution >= 0.6 is 0 Å². The Bertz CT molecular complexity index is 442. The summed E-state index contributed by atoms with van der Waals surface area (Å²) >= 11 is 0. The van der Waals surface area contributed by atoms with Crippen molar-refractivity contribution in [3.63, 3.8) is 0 Å². The minimum atomic E-state index is -0.537. The van der Waals surface area contributed by atoms with Crippen molar-refractivity contribution in [2.75, 3.05) is 18.5 Å². The number of nitrogens with two attached hydrogens (primary N) is 1. The van der Waals surface area contributed by atoms with Crippen LogP contribution in [0.4, 0.5) is 10.1 Å². The van der Waals surface area contributed by atoms with Gasteiger partial charge in [0.15, 0.2) is 0 Å². The van der Waals surface area contributed by atoms with Gasteiger partial charge in [-0.1, -0.05) is 32.8 Å². The van der Waals surface area contributed by atoms with Crippen molar-refractivity contribution in [2.24, 2.45) is 11.1 Å². The number of anilines is 1. The van der Waals surface area contributed by atoms with E-state index in [0.717, 1.165) is 25.7 Å². The van der Waals surface area contributed by atoms with Crippen molar-refractivity contribution in [1.29, 1.82) is 0 Å². The Hall–Kier alpha value is -1.42. The van der Waals surface area contributed by atoms with Crippen molar-refractivity contribution >= 4 is 11.6 Å². The van der Waals surface area contributed by atoms with Crippen molar-refractivity contribution < 1.29 is 9.18 Å². The first-order valence-corrected chi connectivity index (χ1v) is 7.24. The van der Waals surface area contributed by atoms with Crippen molar-refractivity contribution in [1.82, 2.24) is 0 Å². The number of nitrogens with zero attached hydrogens (tertiary/aromatic N) is 1. The lowest BCUT2D eigenvalue weighted by atomic mass is 9.78. The van der Waals surface area contributed by atoms with E-state index in [2.05, 4.69) is 13.8 Å². The lowest BCUT2D eigenvalue weighted by molar-refractivity contribution is -0.128. The fourth-order valence-corrected chi connectivity index (χ4v) is 2.75. The average molecular weight is 280 g/mol. The molecule has 1 aromatic rings. The van der Waals surface area contributed by atoms with Crippen LogP contribution in [0.25, 0.3) is 0 Å². The third kappa shape index (κ3) is 3.57. The van der Waals surface area contributed by atoms with Gasteiger partial charge in [0, 0.05) is 19.3 Å². The Kier molecular flexibility index (Phi) is 6.14. The van der Waals surface area contributed by atoms with E-state index in [0.29, 0.717) is 12.2 Å². The van der Waals surface area contributed by atoms with Gasteiger partial charge >= 0.3 is 0 Å². The molecule has 0 bridgehead atoms. The van der Waals surface area contributed by atoms with Gasteiger partial charge in [-0.05, 0) is 31.0 Å². The highest BCUT2D eigenvalue weighted by Gasteiger charge is 2.37. The summed E-state index contributed by atoms with van der Waals surface area (Å²) in [5.41, 5.74) is 5.94. The molecule has 0 fully saturated rings. The van der Waals surface area contributed by atoms with Crippen molar-refractivity contribution in [2.45, 2.75) is 39.5 Å². The molecule has 0 saturated carbocycles. The SMILES string of the molecule is CCCC(CN)(CCC)C(=O)N(C)c1cccc(F)c1. The number of rotatable bonds is 7. The van der Waals surface area contributed by atoms with Crippen LogP contribution in [0.3, 0.4) is 0 Å². The van der Waals surface area contributed by atoms with E-state index in [9.17, 15) is 9.18 Å². The van der Waals surface area contributed by atoms with Crippen LogP contribution in [0.5, 0.6) is 0 Å². The van der Waals surface area contributed by atoms with Gasteiger partial charge in [0.2, 0.25) is 5.91 Å². The molecule has 0 unspecified atom stereocenters. The maximum Gasteiger partial charge on any atom is 0.234 e. The van der Waals surface area contributed by atoms with Crippen LogP contribution in [0.1, 0.15) is 39.5 Å². The summed E-state index contributed by atoms with van der Waals surface area (Å²) in [4.78, 5) is 14.3. The van der Waals surface area contributed by atoms with Gasteiger partial charge in [-0.3, -0.25) is 4.79 Å².